The standard InChI is InChI=1S/C10H24O3Si2/c1-6-10(12-8-9-7-11-9)14(2)13-15(3,4)5/h9-10,14H,6-8H2,1-5H3. The second kappa shape index (κ2) is 5.59. The summed E-state index contributed by atoms with van der Waals surface area (Å²) in [5, 5.41) is 0. The van der Waals surface area contributed by atoms with Crippen LogP contribution in [0.25, 0.3) is 0 Å². The zero-order chi connectivity index (χ0) is 11.5. The third-order valence-electron chi connectivity index (χ3n) is 2.36. The second-order valence-electron chi connectivity index (χ2n) is 5.17. The van der Waals surface area contributed by atoms with Crippen LogP contribution in [0.3, 0.4) is 0 Å². The molecular weight excluding hydrogens is 224 g/mol. The van der Waals surface area contributed by atoms with Crippen LogP contribution in [-0.2, 0) is 13.6 Å². The SMILES string of the molecule is CCC(OCC1CO1)[SiH](C)O[Si](C)(C)C. The summed E-state index contributed by atoms with van der Waals surface area (Å²) >= 11 is 0. The van der Waals surface area contributed by atoms with Crippen molar-refractivity contribution in [3.8, 4) is 0 Å². The highest BCUT2D eigenvalue weighted by molar-refractivity contribution is 6.77. The van der Waals surface area contributed by atoms with Gasteiger partial charge in [-0.2, -0.15) is 0 Å². The van der Waals surface area contributed by atoms with E-state index in [1.807, 2.05) is 0 Å². The van der Waals surface area contributed by atoms with Gasteiger partial charge >= 0.3 is 0 Å². The topological polar surface area (TPSA) is 31.0 Å². The van der Waals surface area contributed by atoms with Crippen molar-refractivity contribution in [2.24, 2.45) is 0 Å². The maximum absolute atomic E-state index is 6.16. The molecule has 0 aromatic heterocycles. The van der Waals surface area contributed by atoms with E-state index in [-0.39, 0.29) is 0 Å². The Morgan fingerprint density at radius 3 is 2.47 bits per heavy atom. The zero-order valence-corrected chi connectivity index (χ0v) is 12.7. The molecular formula is C10H24O3Si2. The van der Waals surface area contributed by atoms with Crippen LogP contribution >= 0.6 is 0 Å². The van der Waals surface area contributed by atoms with Gasteiger partial charge in [-0.05, 0) is 32.6 Å². The molecule has 15 heavy (non-hydrogen) atoms. The van der Waals surface area contributed by atoms with Crippen LogP contribution in [0, 0.1) is 0 Å². The van der Waals surface area contributed by atoms with Crippen molar-refractivity contribution in [1.82, 2.24) is 0 Å². The molecule has 0 spiro atoms. The molecule has 1 aliphatic heterocycles. The molecule has 1 heterocycles. The Morgan fingerprint density at radius 1 is 1.47 bits per heavy atom. The first-order valence-electron chi connectivity index (χ1n) is 5.83. The van der Waals surface area contributed by atoms with E-state index < -0.39 is 17.4 Å². The molecule has 1 fully saturated rings. The Labute approximate surface area is 96.0 Å². The molecule has 1 rings (SSSR count). The number of hydrogen-bond acceptors (Lipinski definition) is 3. The van der Waals surface area contributed by atoms with Gasteiger partial charge in [-0.25, -0.2) is 0 Å². The molecule has 0 radical (unpaired) electrons. The van der Waals surface area contributed by atoms with Crippen LogP contribution in [0.2, 0.25) is 26.2 Å². The molecule has 0 aromatic rings. The smallest absolute Gasteiger partial charge is 0.189 e. The fourth-order valence-corrected chi connectivity index (χ4v) is 7.73. The van der Waals surface area contributed by atoms with E-state index in [9.17, 15) is 0 Å². The molecule has 0 bridgehead atoms. The monoisotopic (exact) mass is 248 g/mol. The Bertz CT molecular complexity index is 190. The summed E-state index contributed by atoms with van der Waals surface area (Å²) in [6.45, 7) is 12.8. The van der Waals surface area contributed by atoms with Crippen LogP contribution in [0.4, 0.5) is 0 Å². The van der Waals surface area contributed by atoms with Gasteiger partial charge in [0, 0.05) is 0 Å². The minimum Gasteiger partial charge on any atom is -0.456 e. The summed E-state index contributed by atoms with van der Waals surface area (Å²) in [7, 11) is -2.58. The normalized spacial score (nSPS) is 25.0. The van der Waals surface area contributed by atoms with Crippen molar-refractivity contribution in [3.63, 3.8) is 0 Å². The first kappa shape index (κ1) is 13.4. The number of rotatable bonds is 7. The molecule has 1 saturated heterocycles. The van der Waals surface area contributed by atoms with Crippen molar-refractivity contribution in [2.75, 3.05) is 13.2 Å². The minimum atomic E-state index is -1.39. The van der Waals surface area contributed by atoms with Crippen molar-refractivity contribution in [1.29, 1.82) is 0 Å². The van der Waals surface area contributed by atoms with Crippen molar-refractivity contribution in [3.05, 3.63) is 0 Å². The first-order chi connectivity index (χ1) is 6.92. The predicted octanol–water partition coefficient (Wildman–Crippen LogP) is 1.92. The maximum Gasteiger partial charge on any atom is 0.189 e. The summed E-state index contributed by atoms with van der Waals surface area (Å²) in [6.07, 6.45) is 1.43. The molecule has 3 atom stereocenters. The number of hydrogen-bond donors (Lipinski definition) is 0. The van der Waals surface area contributed by atoms with Crippen molar-refractivity contribution in [2.45, 2.75) is 51.4 Å². The average Bonchev–Trinajstić information content (AvgIpc) is 2.85. The van der Waals surface area contributed by atoms with E-state index >= 15 is 0 Å². The number of ether oxygens (including phenoxy) is 2. The van der Waals surface area contributed by atoms with Gasteiger partial charge in [0.05, 0.1) is 18.9 Å². The highest BCUT2D eigenvalue weighted by Gasteiger charge is 2.29. The highest BCUT2D eigenvalue weighted by Crippen LogP contribution is 2.15. The van der Waals surface area contributed by atoms with E-state index in [2.05, 4.69) is 33.1 Å². The van der Waals surface area contributed by atoms with E-state index in [1.165, 1.54) is 0 Å². The molecule has 5 heteroatoms. The summed E-state index contributed by atoms with van der Waals surface area (Å²) in [5.74, 6) is 0. The van der Waals surface area contributed by atoms with Gasteiger partial charge in [0.25, 0.3) is 0 Å². The zero-order valence-electron chi connectivity index (χ0n) is 10.6. The van der Waals surface area contributed by atoms with Crippen LogP contribution in [0.15, 0.2) is 0 Å². The lowest BCUT2D eigenvalue weighted by molar-refractivity contribution is 0.0788. The first-order valence-corrected chi connectivity index (χ1v) is 11.5. The Balaban J connectivity index is 2.27. The molecule has 90 valence electrons. The van der Waals surface area contributed by atoms with E-state index in [0.29, 0.717) is 11.8 Å². The summed E-state index contributed by atoms with van der Waals surface area (Å²) in [4.78, 5) is 0. The van der Waals surface area contributed by atoms with Crippen LogP contribution in [0.5, 0.6) is 0 Å². The molecule has 0 amide bonds. The average molecular weight is 248 g/mol. The maximum atomic E-state index is 6.16. The molecule has 0 saturated carbocycles. The van der Waals surface area contributed by atoms with Gasteiger partial charge in [-0.15, -0.1) is 0 Å². The predicted molar refractivity (Wildman–Crippen MR) is 67.2 cm³/mol. The lowest BCUT2D eigenvalue weighted by Crippen LogP contribution is -2.42. The molecule has 1 aliphatic rings. The molecule has 0 aromatic carbocycles. The van der Waals surface area contributed by atoms with Crippen LogP contribution in [-0.4, -0.2) is 42.4 Å². The Hall–Kier alpha value is 0.314. The summed E-state index contributed by atoms with van der Waals surface area (Å²) in [5.41, 5.74) is 0.348. The van der Waals surface area contributed by atoms with Gasteiger partial charge in [0.1, 0.15) is 6.10 Å². The fraction of sp³-hybridized carbons (Fsp3) is 1.00. The molecule has 3 unspecified atom stereocenters. The van der Waals surface area contributed by atoms with Gasteiger partial charge < -0.3 is 13.6 Å². The van der Waals surface area contributed by atoms with Gasteiger partial charge in [-0.1, -0.05) is 6.92 Å². The lowest BCUT2D eigenvalue weighted by atomic mass is 10.5. The van der Waals surface area contributed by atoms with Crippen molar-refractivity contribution >= 4 is 17.4 Å². The summed E-state index contributed by atoms with van der Waals surface area (Å²) < 4.78 is 17.2. The molecule has 0 aliphatic carbocycles. The van der Waals surface area contributed by atoms with Crippen LogP contribution < -0.4 is 0 Å². The van der Waals surface area contributed by atoms with E-state index in [4.69, 9.17) is 13.6 Å². The third-order valence-corrected chi connectivity index (χ3v) is 8.39. The number of epoxide rings is 1. The largest absolute Gasteiger partial charge is 0.456 e. The minimum absolute atomic E-state index is 0.348. The Morgan fingerprint density at radius 2 is 2.07 bits per heavy atom. The highest BCUT2D eigenvalue weighted by atomic mass is 28.4. The lowest BCUT2D eigenvalue weighted by Gasteiger charge is -2.28. The van der Waals surface area contributed by atoms with Gasteiger partial charge in [0.2, 0.25) is 0 Å². The van der Waals surface area contributed by atoms with Gasteiger partial charge in [0.15, 0.2) is 17.4 Å². The third kappa shape index (κ3) is 5.82. The van der Waals surface area contributed by atoms with Crippen LogP contribution in [0.1, 0.15) is 13.3 Å². The second-order valence-corrected chi connectivity index (χ2v) is 12.5. The molecule has 0 N–H and O–H groups in total. The van der Waals surface area contributed by atoms with Gasteiger partial charge in [-0.3, -0.25) is 0 Å². The summed E-state index contributed by atoms with van der Waals surface area (Å²) in [6, 6.07) is 0. The quantitative estimate of drug-likeness (QED) is 0.509. The Kier molecular flexibility index (Phi) is 4.98. The van der Waals surface area contributed by atoms with Crippen molar-refractivity contribution < 1.29 is 13.6 Å². The van der Waals surface area contributed by atoms with E-state index in [1.54, 1.807) is 0 Å². The fourth-order valence-electron chi connectivity index (χ4n) is 1.61. The molecule has 3 nitrogen and oxygen atoms in total. The van der Waals surface area contributed by atoms with E-state index in [0.717, 1.165) is 19.6 Å².